The molecule has 8 unspecified atom stereocenters. The number of carbonyl (C=O) groups is 6. The molecule has 0 aromatic rings. The first-order chi connectivity index (χ1) is 62.8. The summed E-state index contributed by atoms with van der Waals surface area (Å²) in [6.45, 7) is 11.0. The van der Waals surface area contributed by atoms with Crippen LogP contribution in [-0.4, -0.2) is 175 Å². The van der Waals surface area contributed by atoms with Crippen LogP contribution >= 0.6 is 15.6 Å². The van der Waals surface area contributed by atoms with E-state index in [9.17, 15) is 77.9 Å². The highest BCUT2D eigenvalue weighted by Crippen LogP contribution is 2.44. The van der Waals surface area contributed by atoms with Crippen LogP contribution in [0.3, 0.4) is 0 Å². The van der Waals surface area contributed by atoms with Gasteiger partial charge in [-0.1, -0.05) is 420 Å². The molecule has 0 saturated carbocycles. The standard InChI is InChI=1S/C101H192N2O25P2/c1-7-13-19-25-31-37-39-41-43-45-51-57-63-69-75-91(110)122-85(73-67-61-55-49-36-30-24-18-12-6)79-93(112)126-99-95(102-88(107)76-82(105)70-64-58-52-46-33-27-21-15-9-3)100(123-86(80-104)97(99)127-129(114,115)116)120-81-87-96(113)98(125-92(111)77-83(106)71-65-59-53-47-34-28-22-16-10-4)94(101(124-87)128-130(117,118)119)103-89(108)78-84(72-66-60-54-48-35-29-23-17-11-5)121-90(109)74-68-62-56-50-44-42-40-38-32-26-20-14-8-2/h82-87,94-101,104-106,113H,7-81H2,1-6H3,(H,102,107)(H,103,108)(H2,114,115,116)(H2,117,118,119)/t82?,83?,84?,85?,86?,87?,94?,95?,96-,97-,98-,99-,100-,101+/m1/s1. The van der Waals surface area contributed by atoms with Gasteiger partial charge in [-0.3, -0.25) is 37.8 Å². The van der Waals surface area contributed by atoms with Gasteiger partial charge in [0, 0.05) is 12.8 Å². The third-order valence-corrected chi connectivity index (χ3v) is 26.6. The van der Waals surface area contributed by atoms with Crippen molar-refractivity contribution in [1.29, 1.82) is 0 Å². The smallest absolute Gasteiger partial charge is 0.462 e. The minimum absolute atomic E-state index is 0.0839. The quantitative estimate of drug-likeness (QED) is 0.0117. The number of nitrogens with one attached hydrogen (secondary N) is 2. The molecule has 0 radical (unpaired) electrons. The van der Waals surface area contributed by atoms with Gasteiger partial charge >= 0.3 is 39.5 Å². The van der Waals surface area contributed by atoms with E-state index >= 15 is 0 Å². The zero-order valence-electron chi connectivity index (χ0n) is 82.5. The number of esters is 4. The topological polar surface area (TPSA) is 406 Å². The fraction of sp³-hybridized carbons (Fsp3) is 0.941. The maximum atomic E-state index is 14.9. The summed E-state index contributed by atoms with van der Waals surface area (Å²) in [6, 6.07) is -3.86. The summed E-state index contributed by atoms with van der Waals surface area (Å²) in [5.41, 5.74) is 0. The van der Waals surface area contributed by atoms with E-state index in [1.165, 1.54) is 122 Å². The molecule has 27 nitrogen and oxygen atoms in total. The number of hydrogen-bond donors (Lipinski definition) is 10. The van der Waals surface area contributed by atoms with E-state index in [4.69, 9.17) is 42.2 Å². The van der Waals surface area contributed by atoms with Crippen LogP contribution in [0.15, 0.2) is 0 Å². The number of ether oxygens (including phenoxy) is 7. The van der Waals surface area contributed by atoms with Crippen LogP contribution in [-0.2, 0) is 80.1 Å². The van der Waals surface area contributed by atoms with Gasteiger partial charge in [-0.25, -0.2) is 9.13 Å². The Kier molecular flexibility index (Phi) is 77.2. The summed E-state index contributed by atoms with van der Waals surface area (Å²) in [7, 11) is -11.4. The van der Waals surface area contributed by atoms with Crippen LogP contribution in [0.25, 0.3) is 0 Å². The van der Waals surface area contributed by atoms with E-state index in [1.54, 1.807) is 0 Å². The van der Waals surface area contributed by atoms with E-state index in [1.807, 2.05) is 0 Å². The summed E-state index contributed by atoms with van der Waals surface area (Å²) in [5.74, 6) is -5.01. The second-order valence-electron chi connectivity index (χ2n) is 38.0. The Hall–Kier alpha value is -3.24. The Balaban J connectivity index is 2.75. The van der Waals surface area contributed by atoms with Crippen LogP contribution in [0.2, 0.25) is 0 Å². The van der Waals surface area contributed by atoms with Crippen molar-refractivity contribution < 1.29 is 120 Å². The minimum atomic E-state index is -5.72. The molecule has 14 atom stereocenters. The number of rotatable bonds is 91. The molecule has 0 aromatic carbocycles. The van der Waals surface area contributed by atoms with E-state index in [0.717, 1.165) is 244 Å². The second kappa shape index (κ2) is 81.7. The Bertz CT molecular complexity index is 2840. The van der Waals surface area contributed by atoms with Crippen LogP contribution in [0, 0.1) is 0 Å². The number of amides is 2. The van der Waals surface area contributed by atoms with Gasteiger partial charge in [0.25, 0.3) is 0 Å². The molecule has 10 N–H and O–H groups in total. The van der Waals surface area contributed by atoms with Crippen molar-refractivity contribution in [3.63, 3.8) is 0 Å². The largest absolute Gasteiger partial charge is 0.472 e. The van der Waals surface area contributed by atoms with Crippen molar-refractivity contribution in [3.8, 4) is 0 Å². The number of aliphatic hydroxyl groups excluding tert-OH is 4. The molecule has 0 bridgehead atoms. The van der Waals surface area contributed by atoms with Crippen LogP contribution in [0.5, 0.6) is 0 Å². The first kappa shape index (κ1) is 123. The van der Waals surface area contributed by atoms with Crippen molar-refractivity contribution in [2.24, 2.45) is 0 Å². The predicted molar refractivity (Wildman–Crippen MR) is 513 cm³/mol. The van der Waals surface area contributed by atoms with Crippen molar-refractivity contribution in [2.45, 2.75) is 596 Å². The molecule has 2 fully saturated rings. The maximum Gasteiger partial charge on any atom is 0.472 e. The van der Waals surface area contributed by atoms with Crippen LogP contribution < -0.4 is 10.6 Å². The second-order valence-corrected chi connectivity index (χ2v) is 40.4. The molecule has 29 heteroatoms. The summed E-state index contributed by atoms with van der Waals surface area (Å²) < 4.78 is 80.2. The van der Waals surface area contributed by atoms with Gasteiger partial charge in [-0.2, -0.15) is 0 Å². The van der Waals surface area contributed by atoms with Crippen LogP contribution in [0.4, 0.5) is 0 Å². The molecule has 0 aliphatic carbocycles. The highest BCUT2D eigenvalue weighted by atomic mass is 31.2. The number of carbonyl (C=O) groups excluding carboxylic acids is 6. The average Bonchev–Trinajstić information content (AvgIpc) is 0.776. The number of unbranched alkanes of at least 4 members (excludes halogenated alkanes) is 57. The average molecular weight is 1900 g/mol. The highest BCUT2D eigenvalue weighted by Gasteiger charge is 2.55. The number of hydrogen-bond acceptors (Lipinski definition) is 21. The zero-order valence-corrected chi connectivity index (χ0v) is 84.3. The van der Waals surface area contributed by atoms with Crippen molar-refractivity contribution in [3.05, 3.63) is 0 Å². The lowest BCUT2D eigenvalue weighted by Gasteiger charge is -2.47. The van der Waals surface area contributed by atoms with Crippen molar-refractivity contribution >= 4 is 51.3 Å². The van der Waals surface area contributed by atoms with Gasteiger partial charge in [-0.15, -0.1) is 0 Å². The van der Waals surface area contributed by atoms with Gasteiger partial charge < -0.3 is 83.8 Å². The normalized spacial score (nSPS) is 19.9. The zero-order chi connectivity index (χ0) is 95.4. The summed E-state index contributed by atoms with van der Waals surface area (Å²) in [6.07, 6.45) is 43.5. The Labute approximate surface area is 787 Å². The Morgan fingerprint density at radius 2 is 0.592 bits per heavy atom. The lowest BCUT2D eigenvalue weighted by atomic mass is 9.95. The molecule has 2 aliphatic heterocycles. The number of phosphoric acid groups is 2. The molecule has 766 valence electrons. The number of phosphoric ester groups is 2. The maximum absolute atomic E-state index is 14.9. The van der Waals surface area contributed by atoms with Gasteiger partial charge in [-0.05, 0) is 51.4 Å². The van der Waals surface area contributed by atoms with Crippen molar-refractivity contribution in [2.75, 3.05) is 13.2 Å². The monoisotopic (exact) mass is 1900 g/mol. The Morgan fingerprint density at radius 3 is 0.931 bits per heavy atom. The molecule has 2 amide bonds. The first-order valence-electron chi connectivity index (χ1n) is 53.2. The van der Waals surface area contributed by atoms with E-state index < -0.39 is 176 Å². The van der Waals surface area contributed by atoms with E-state index in [2.05, 4.69) is 52.2 Å². The molecule has 0 aromatic heterocycles. The molecule has 2 heterocycles. The molecule has 2 aliphatic rings. The lowest BCUT2D eigenvalue weighted by molar-refractivity contribution is -0.297. The molecular formula is C101H192N2O25P2. The van der Waals surface area contributed by atoms with E-state index in [0.29, 0.717) is 38.5 Å². The third-order valence-electron chi connectivity index (χ3n) is 25.6. The highest BCUT2D eigenvalue weighted by molar-refractivity contribution is 7.46. The molecule has 2 saturated heterocycles. The molecular weight excluding hydrogens is 1700 g/mol. The van der Waals surface area contributed by atoms with Gasteiger partial charge in [0.1, 0.15) is 48.7 Å². The lowest BCUT2D eigenvalue weighted by Crippen LogP contribution is -2.68. The first-order valence-corrected chi connectivity index (χ1v) is 56.3. The molecule has 130 heavy (non-hydrogen) atoms. The van der Waals surface area contributed by atoms with E-state index in [-0.39, 0.29) is 38.5 Å². The fourth-order valence-corrected chi connectivity index (χ4v) is 18.8. The van der Waals surface area contributed by atoms with Gasteiger partial charge in [0.05, 0.1) is 51.1 Å². The minimum Gasteiger partial charge on any atom is -0.462 e. The SMILES string of the molecule is CCCCCCCCCCCCCCCCC(=O)OC(CCCCCCCCCCC)CC(=O)O[C@@H]1C(NC(=O)CC(O)CCCCCCCCCCC)[C@H](OCC2O[C@@H](OP(=O)(O)O)C(NC(=O)CC(CCCCCCCCCCC)OC(=O)CCCCCCCCCCCCCCC)[C@@H](OC(=O)CC(O)CCCCCCCCCCC)[C@@H]2O)OC(CO)[C@H]1OP(=O)(O)O. The summed E-state index contributed by atoms with van der Waals surface area (Å²) in [5, 5.41) is 52.0. The van der Waals surface area contributed by atoms with Crippen LogP contribution in [0.1, 0.15) is 510 Å². The number of aliphatic hydroxyl groups is 4. The summed E-state index contributed by atoms with van der Waals surface area (Å²) in [4.78, 5) is 129. The van der Waals surface area contributed by atoms with Gasteiger partial charge in [0.2, 0.25) is 11.8 Å². The third kappa shape index (κ3) is 67.1. The fourth-order valence-electron chi connectivity index (χ4n) is 17.8. The molecule has 0 spiro atoms. The summed E-state index contributed by atoms with van der Waals surface area (Å²) >= 11 is 0. The Morgan fingerprint density at radius 1 is 0.315 bits per heavy atom. The molecule has 2 rings (SSSR count). The van der Waals surface area contributed by atoms with Gasteiger partial charge in [0.15, 0.2) is 24.8 Å². The van der Waals surface area contributed by atoms with Crippen molar-refractivity contribution in [1.82, 2.24) is 10.6 Å². The predicted octanol–water partition coefficient (Wildman–Crippen LogP) is 23.3.